The summed E-state index contributed by atoms with van der Waals surface area (Å²) in [6, 6.07) is 0. The van der Waals surface area contributed by atoms with E-state index < -0.39 is 6.72 Å². The zero-order valence-corrected chi connectivity index (χ0v) is 7.14. The maximum absolute atomic E-state index is 8.51. The summed E-state index contributed by atoms with van der Waals surface area (Å²) in [5.74, 6) is 0. The van der Waals surface area contributed by atoms with Crippen molar-refractivity contribution < 1.29 is 19.4 Å². The van der Waals surface area contributed by atoms with Crippen LogP contribution in [0, 0.1) is 0 Å². The molecule has 0 amide bonds. The van der Waals surface area contributed by atoms with Crippen molar-refractivity contribution in [3.05, 3.63) is 0 Å². The first-order valence-electron chi connectivity index (χ1n) is 2.87. The van der Waals surface area contributed by atoms with Crippen LogP contribution < -0.4 is 0 Å². The van der Waals surface area contributed by atoms with Gasteiger partial charge < -0.3 is 19.4 Å². The van der Waals surface area contributed by atoms with Crippen LogP contribution in [-0.4, -0.2) is 28.1 Å². The van der Waals surface area contributed by atoms with E-state index in [4.69, 9.17) is 14.9 Å². The Hall–Kier alpha value is 0.490. The SMILES string of the molecule is OCCCCOP(O)(O)=S. The normalized spacial score (nSPS) is 11.9. The Morgan fingerprint density at radius 2 is 1.90 bits per heavy atom. The second-order valence-corrected chi connectivity index (χ2v) is 4.42. The molecule has 3 N–H and O–H groups in total. The molecule has 0 aliphatic carbocycles. The second kappa shape index (κ2) is 5.18. The van der Waals surface area contributed by atoms with Crippen molar-refractivity contribution in [3.8, 4) is 0 Å². The monoisotopic (exact) mass is 186 g/mol. The van der Waals surface area contributed by atoms with Crippen LogP contribution in [0.3, 0.4) is 0 Å². The third-order valence-corrected chi connectivity index (χ3v) is 1.65. The Bertz CT molecular complexity index is 122. The molecule has 0 saturated carbocycles. The molecule has 0 aliphatic heterocycles. The molecule has 0 fully saturated rings. The van der Waals surface area contributed by atoms with Gasteiger partial charge in [0.15, 0.2) is 0 Å². The van der Waals surface area contributed by atoms with Gasteiger partial charge in [0.2, 0.25) is 0 Å². The van der Waals surface area contributed by atoms with Crippen molar-refractivity contribution in [1.29, 1.82) is 0 Å². The number of aliphatic hydroxyl groups is 1. The average Bonchev–Trinajstić information content (AvgIpc) is 1.78. The summed E-state index contributed by atoms with van der Waals surface area (Å²) in [4.78, 5) is 17.0. The Labute approximate surface area is 64.7 Å². The largest absolute Gasteiger partial charge is 0.396 e. The Kier molecular flexibility index (Phi) is 5.44. The van der Waals surface area contributed by atoms with Crippen LogP contribution in [0.5, 0.6) is 0 Å². The number of hydrogen-bond acceptors (Lipinski definition) is 3. The molecule has 0 atom stereocenters. The summed E-state index contributed by atoms with van der Waals surface area (Å²) < 4.78 is 4.46. The van der Waals surface area contributed by atoms with E-state index in [1.165, 1.54) is 0 Å². The van der Waals surface area contributed by atoms with Crippen molar-refractivity contribution >= 4 is 18.5 Å². The molecule has 6 heteroatoms. The van der Waals surface area contributed by atoms with Crippen LogP contribution in [0.4, 0.5) is 0 Å². The maximum atomic E-state index is 8.51. The fraction of sp³-hybridized carbons (Fsp3) is 1.00. The summed E-state index contributed by atoms with van der Waals surface area (Å²) >= 11 is 4.17. The molecule has 62 valence electrons. The van der Waals surface area contributed by atoms with Gasteiger partial charge in [-0.25, -0.2) is 0 Å². The highest BCUT2D eigenvalue weighted by Gasteiger charge is 2.05. The molecule has 0 unspecified atom stereocenters. The quantitative estimate of drug-likeness (QED) is 0.416. The standard InChI is InChI=1S/C4H11O4PS/c5-3-1-2-4-8-9(6,7)10/h5H,1-4H2,(H2,6,7,10). The van der Waals surface area contributed by atoms with Gasteiger partial charge in [0.25, 0.3) is 0 Å². The molecule has 0 rings (SSSR count). The van der Waals surface area contributed by atoms with E-state index in [9.17, 15) is 0 Å². The first-order valence-corrected chi connectivity index (χ1v) is 5.50. The number of hydrogen-bond donors (Lipinski definition) is 3. The van der Waals surface area contributed by atoms with Crippen LogP contribution in [-0.2, 0) is 16.3 Å². The molecule has 0 aromatic heterocycles. The average molecular weight is 186 g/mol. The lowest BCUT2D eigenvalue weighted by Gasteiger charge is -2.06. The van der Waals surface area contributed by atoms with Crippen LogP contribution in [0.15, 0.2) is 0 Å². The highest BCUT2D eigenvalue weighted by atomic mass is 32.5. The third-order valence-electron chi connectivity index (χ3n) is 0.812. The molecular weight excluding hydrogens is 175 g/mol. The van der Waals surface area contributed by atoms with Crippen LogP contribution in [0.1, 0.15) is 12.8 Å². The minimum absolute atomic E-state index is 0.0864. The van der Waals surface area contributed by atoms with Gasteiger partial charge in [-0.05, 0) is 24.6 Å². The van der Waals surface area contributed by atoms with Crippen molar-refractivity contribution in [2.75, 3.05) is 13.2 Å². The van der Waals surface area contributed by atoms with E-state index in [0.717, 1.165) is 0 Å². The fourth-order valence-corrected chi connectivity index (χ4v) is 0.988. The predicted octanol–water partition coefficient (Wildman–Crippen LogP) is -0.0154. The van der Waals surface area contributed by atoms with Crippen molar-refractivity contribution in [2.24, 2.45) is 0 Å². The first-order chi connectivity index (χ1) is 4.56. The van der Waals surface area contributed by atoms with E-state index >= 15 is 0 Å². The van der Waals surface area contributed by atoms with Gasteiger partial charge in [-0.1, -0.05) is 0 Å². The molecule has 0 radical (unpaired) electrons. The lowest BCUT2D eigenvalue weighted by Crippen LogP contribution is -1.93. The van der Waals surface area contributed by atoms with E-state index in [0.29, 0.717) is 12.8 Å². The molecule has 10 heavy (non-hydrogen) atoms. The summed E-state index contributed by atoms with van der Waals surface area (Å²) in [5, 5.41) is 8.30. The second-order valence-electron chi connectivity index (χ2n) is 1.75. The summed E-state index contributed by atoms with van der Waals surface area (Å²) in [7, 11) is 0. The van der Waals surface area contributed by atoms with Crippen molar-refractivity contribution in [3.63, 3.8) is 0 Å². The Morgan fingerprint density at radius 3 is 2.30 bits per heavy atom. The lowest BCUT2D eigenvalue weighted by molar-refractivity contribution is 0.226. The molecule has 0 aromatic rings. The highest BCUT2D eigenvalue weighted by molar-refractivity contribution is 8.06. The molecule has 0 heterocycles. The zero-order chi connectivity index (χ0) is 8.04. The van der Waals surface area contributed by atoms with Gasteiger partial charge in [-0.15, -0.1) is 0 Å². The minimum Gasteiger partial charge on any atom is -0.396 e. The molecule has 0 bridgehead atoms. The van der Waals surface area contributed by atoms with Crippen molar-refractivity contribution in [1.82, 2.24) is 0 Å². The van der Waals surface area contributed by atoms with Gasteiger partial charge >= 0.3 is 6.72 Å². The molecule has 0 saturated heterocycles. The number of aliphatic hydroxyl groups excluding tert-OH is 1. The van der Waals surface area contributed by atoms with Gasteiger partial charge in [-0.3, -0.25) is 0 Å². The minimum atomic E-state index is -3.45. The van der Waals surface area contributed by atoms with Crippen LogP contribution in [0.2, 0.25) is 0 Å². The maximum Gasteiger partial charge on any atom is 0.321 e. The summed E-state index contributed by atoms with van der Waals surface area (Å²) in [6.45, 7) is -3.17. The molecule has 0 spiro atoms. The summed E-state index contributed by atoms with van der Waals surface area (Å²) in [6.07, 6.45) is 1.19. The van der Waals surface area contributed by atoms with Gasteiger partial charge in [-0.2, -0.15) is 0 Å². The summed E-state index contributed by atoms with van der Waals surface area (Å²) in [5.41, 5.74) is 0. The molecule has 0 aliphatic rings. The van der Waals surface area contributed by atoms with E-state index in [-0.39, 0.29) is 13.2 Å². The van der Waals surface area contributed by atoms with Gasteiger partial charge in [0.05, 0.1) is 6.61 Å². The molecule has 4 nitrogen and oxygen atoms in total. The van der Waals surface area contributed by atoms with Gasteiger partial charge in [0, 0.05) is 6.61 Å². The number of rotatable bonds is 5. The highest BCUT2D eigenvalue weighted by Crippen LogP contribution is 2.36. The first kappa shape index (κ1) is 10.5. The number of unbranched alkanes of at least 4 members (excludes halogenated alkanes) is 1. The topological polar surface area (TPSA) is 69.9 Å². The van der Waals surface area contributed by atoms with Crippen LogP contribution >= 0.6 is 6.72 Å². The van der Waals surface area contributed by atoms with Crippen LogP contribution in [0.25, 0.3) is 0 Å². The Balaban J connectivity index is 3.13. The van der Waals surface area contributed by atoms with E-state index in [1.54, 1.807) is 0 Å². The molecular formula is C4H11O4PS. The predicted molar refractivity (Wildman–Crippen MR) is 41.0 cm³/mol. The zero-order valence-electron chi connectivity index (χ0n) is 5.43. The smallest absolute Gasteiger partial charge is 0.321 e. The fourth-order valence-electron chi connectivity index (χ4n) is 0.397. The Morgan fingerprint density at radius 1 is 1.30 bits per heavy atom. The van der Waals surface area contributed by atoms with Crippen molar-refractivity contribution in [2.45, 2.75) is 12.8 Å². The van der Waals surface area contributed by atoms with E-state index in [2.05, 4.69) is 16.3 Å². The van der Waals surface area contributed by atoms with Gasteiger partial charge in [0.1, 0.15) is 0 Å². The lowest BCUT2D eigenvalue weighted by atomic mass is 10.3. The molecule has 0 aromatic carbocycles. The van der Waals surface area contributed by atoms with E-state index in [1.807, 2.05) is 0 Å². The third kappa shape index (κ3) is 8.49.